The molecule has 2 N–H and O–H groups in total. The van der Waals surface area contributed by atoms with E-state index in [0.29, 0.717) is 12.8 Å². The fraction of sp³-hybridized carbons (Fsp3) is 0.857. The number of unbranched alkanes of at least 4 members (excludes halogenated alkanes) is 20. The Bertz CT molecular complexity index is 648. The van der Waals surface area contributed by atoms with Gasteiger partial charge in [-0.3, -0.25) is 14.4 Å². The second kappa shape index (κ2) is 31.1. The van der Waals surface area contributed by atoms with Crippen molar-refractivity contribution in [2.24, 2.45) is 0 Å². The van der Waals surface area contributed by atoms with E-state index in [4.69, 9.17) is 9.84 Å². The zero-order chi connectivity index (χ0) is 30.2. The topological polar surface area (TPSA) is 92.7 Å². The van der Waals surface area contributed by atoms with Gasteiger partial charge in [-0.25, -0.2) is 0 Å². The molecule has 0 aliphatic carbocycles. The molecule has 1 unspecified atom stereocenters. The lowest BCUT2D eigenvalue weighted by atomic mass is 10.0. The van der Waals surface area contributed by atoms with Gasteiger partial charge in [0.05, 0.1) is 0 Å². The number of esters is 1. The van der Waals surface area contributed by atoms with Gasteiger partial charge in [-0.15, -0.1) is 0 Å². The Kier molecular flexibility index (Phi) is 29.7. The Balaban J connectivity index is 3.95. The minimum atomic E-state index is -1.03. The number of allylic oxidation sites excluding steroid dienone is 1. The third-order valence-corrected chi connectivity index (χ3v) is 7.67. The van der Waals surface area contributed by atoms with Crippen LogP contribution in [0.3, 0.4) is 0 Å². The molecule has 0 radical (unpaired) electrons. The first kappa shape index (κ1) is 39.1. The molecule has 0 aliphatic rings. The van der Waals surface area contributed by atoms with E-state index >= 15 is 0 Å². The molecule has 0 heterocycles. The average molecular weight is 580 g/mol. The highest BCUT2D eigenvalue weighted by atomic mass is 16.5. The molecule has 1 atom stereocenters. The van der Waals surface area contributed by atoms with Crippen molar-refractivity contribution in [2.75, 3.05) is 6.54 Å². The van der Waals surface area contributed by atoms with Crippen molar-refractivity contribution in [3.8, 4) is 0 Å². The van der Waals surface area contributed by atoms with E-state index in [-0.39, 0.29) is 24.5 Å². The van der Waals surface area contributed by atoms with Crippen molar-refractivity contribution >= 4 is 17.8 Å². The number of ether oxygens (including phenoxy) is 1. The van der Waals surface area contributed by atoms with Crippen LogP contribution in [0.4, 0.5) is 0 Å². The second-order valence-corrected chi connectivity index (χ2v) is 11.8. The monoisotopic (exact) mass is 579 g/mol. The zero-order valence-electron chi connectivity index (χ0n) is 26.9. The molecule has 41 heavy (non-hydrogen) atoms. The van der Waals surface area contributed by atoms with Gasteiger partial charge in [0.2, 0.25) is 5.91 Å². The number of carbonyl (C=O) groups excluding carboxylic acids is 2. The minimum Gasteiger partial charge on any atom is -0.480 e. The van der Waals surface area contributed by atoms with Crippen LogP contribution < -0.4 is 5.32 Å². The molecule has 0 rings (SSSR count). The predicted octanol–water partition coefficient (Wildman–Crippen LogP) is 9.84. The molecule has 0 spiro atoms. The van der Waals surface area contributed by atoms with Crippen LogP contribution in [0.25, 0.3) is 0 Å². The first-order chi connectivity index (χ1) is 20.0. The molecule has 0 bridgehead atoms. The molecular weight excluding hydrogens is 514 g/mol. The lowest BCUT2D eigenvalue weighted by Gasteiger charge is -2.15. The standard InChI is InChI=1S/C35H65NO5/c1-3-5-7-9-10-11-12-13-14-15-16-17-18-20-26-30-35(40)41-32(27-23-19-8-6-4-2)28-24-21-22-25-29-33(37)36-31-34(38)39/h23,27,32H,3-22,24-26,28-31H2,1-2H3,(H,36,37)(H,38,39)/b27-23-. The van der Waals surface area contributed by atoms with Crippen molar-refractivity contribution in [3.05, 3.63) is 12.2 Å². The summed E-state index contributed by atoms with van der Waals surface area (Å²) in [6.45, 7) is 4.15. The van der Waals surface area contributed by atoms with Crippen LogP contribution in [0.2, 0.25) is 0 Å². The van der Waals surface area contributed by atoms with E-state index < -0.39 is 5.97 Å². The van der Waals surface area contributed by atoms with E-state index in [0.717, 1.165) is 57.8 Å². The van der Waals surface area contributed by atoms with Gasteiger partial charge < -0.3 is 15.2 Å². The summed E-state index contributed by atoms with van der Waals surface area (Å²) in [5.41, 5.74) is 0. The summed E-state index contributed by atoms with van der Waals surface area (Å²) in [6.07, 6.45) is 33.6. The SMILES string of the molecule is CCCCC/C=C\C(CCCCCCC(=O)NCC(=O)O)OC(=O)CCCCCCCCCCCCCCCCC. The molecule has 240 valence electrons. The fourth-order valence-electron chi connectivity index (χ4n) is 5.07. The van der Waals surface area contributed by atoms with Crippen molar-refractivity contribution in [2.45, 2.75) is 187 Å². The maximum absolute atomic E-state index is 12.5. The van der Waals surface area contributed by atoms with Gasteiger partial charge in [0, 0.05) is 12.8 Å². The number of nitrogens with one attached hydrogen (secondary N) is 1. The van der Waals surface area contributed by atoms with E-state index in [1.165, 1.54) is 96.3 Å². The van der Waals surface area contributed by atoms with E-state index in [9.17, 15) is 14.4 Å². The van der Waals surface area contributed by atoms with E-state index in [1.54, 1.807) is 0 Å². The first-order valence-corrected chi connectivity index (χ1v) is 17.3. The summed E-state index contributed by atoms with van der Waals surface area (Å²) < 4.78 is 5.83. The van der Waals surface area contributed by atoms with Gasteiger partial charge in [-0.2, -0.15) is 0 Å². The molecule has 0 aliphatic heterocycles. The van der Waals surface area contributed by atoms with Gasteiger partial charge >= 0.3 is 11.9 Å². The highest BCUT2D eigenvalue weighted by Gasteiger charge is 2.12. The van der Waals surface area contributed by atoms with Crippen LogP contribution in [0.15, 0.2) is 12.2 Å². The van der Waals surface area contributed by atoms with Crippen LogP contribution in [-0.4, -0.2) is 35.6 Å². The van der Waals surface area contributed by atoms with Gasteiger partial charge in [0.1, 0.15) is 12.6 Å². The largest absolute Gasteiger partial charge is 0.480 e. The van der Waals surface area contributed by atoms with Crippen LogP contribution in [0, 0.1) is 0 Å². The minimum absolute atomic E-state index is 0.0852. The third-order valence-electron chi connectivity index (χ3n) is 7.67. The lowest BCUT2D eigenvalue weighted by Crippen LogP contribution is -2.28. The molecule has 6 heteroatoms. The highest BCUT2D eigenvalue weighted by molar-refractivity contribution is 5.80. The van der Waals surface area contributed by atoms with Crippen molar-refractivity contribution < 1.29 is 24.2 Å². The van der Waals surface area contributed by atoms with Crippen LogP contribution in [-0.2, 0) is 19.1 Å². The fourth-order valence-corrected chi connectivity index (χ4v) is 5.07. The number of hydrogen-bond donors (Lipinski definition) is 2. The Morgan fingerprint density at radius 2 is 1.10 bits per heavy atom. The lowest BCUT2D eigenvalue weighted by molar-refractivity contribution is -0.147. The van der Waals surface area contributed by atoms with E-state index in [1.807, 2.05) is 0 Å². The number of carboxylic acid groups (broad SMARTS) is 1. The molecule has 0 saturated carbocycles. The molecule has 0 aromatic heterocycles. The Hall–Kier alpha value is -1.85. The number of amides is 1. The van der Waals surface area contributed by atoms with Crippen molar-refractivity contribution in [1.29, 1.82) is 0 Å². The number of carboxylic acids is 1. The average Bonchev–Trinajstić information content (AvgIpc) is 2.95. The van der Waals surface area contributed by atoms with Crippen molar-refractivity contribution in [1.82, 2.24) is 5.32 Å². The number of carbonyl (C=O) groups is 3. The summed E-state index contributed by atoms with van der Waals surface area (Å²) in [5.74, 6) is -1.33. The quantitative estimate of drug-likeness (QED) is 0.0484. The van der Waals surface area contributed by atoms with Gasteiger partial charge in [-0.05, 0) is 44.6 Å². The maximum Gasteiger partial charge on any atom is 0.322 e. The Morgan fingerprint density at radius 3 is 1.63 bits per heavy atom. The molecule has 0 saturated heterocycles. The number of hydrogen-bond acceptors (Lipinski definition) is 4. The zero-order valence-corrected chi connectivity index (χ0v) is 26.9. The van der Waals surface area contributed by atoms with Gasteiger partial charge in [-0.1, -0.05) is 135 Å². The first-order valence-electron chi connectivity index (χ1n) is 17.3. The van der Waals surface area contributed by atoms with E-state index in [2.05, 4.69) is 31.3 Å². The summed E-state index contributed by atoms with van der Waals surface area (Å²) in [5, 5.41) is 11.0. The molecule has 1 amide bonds. The van der Waals surface area contributed by atoms with Crippen LogP contribution in [0.5, 0.6) is 0 Å². The van der Waals surface area contributed by atoms with Crippen LogP contribution in [0.1, 0.15) is 181 Å². The summed E-state index contributed by atoms with van der Waals surface area (Å²) in [4.78, 5) is 34.6. The smallest absolute Gasteiger partial charge is 0.322 e. The summed E-state index contributed by atoms with van der Waals surface area (Å²) in [7, 11) is 0. The normalized spacial score (nSPS) is 12.0. The number of rotatable bonds is 31. The molecule has 0 fully saturated rings. The number of aliphatic carboxylic acids is 1. The molecule has 0 aromatic carbocycles. The Labute approximate surface area is 252 Å². The third kappa shape index (κ3) is 30.9. The van der Waals surface area contributed by atoms with Crippen molar-refractivity contribution in [3.63, 3.8) is 0 Å². The summed E-state index contributed by atoms with van der Waals surface area (Å²) >= 11 is 0. The van der Waals surface area contributed by atoms with Crippen LogP contribution >= 0.6 is 0 Å². The summed E-state index contributed by atoms with van der Waals surface area (Å²) in [6, 6.07) is 0. The molecule has 0 aromatic rings. The van der Waals surface area contributed by atoms with Gasteiger partial charge in [0.25, 0.3) is 0 Å². The Morgan fingerprint density at radius 1 is 0.634 bits per heavy atom. The highest BCUT2D eigenvalue weighted by Crippen LogP contribution is 2.16. The molecule has 6 nitrogen and oxygen atoms in total. The second-order valence-electron chi connectivity index (χ2n) is 11.8. The van der Waals surface area contributed by atoms with Gasteiger partial charge in [0.15, 0.2) is 0 Å². The predicted molar refractivity (Wildman–Crippen MR) is 171 cm³/mol. The molecular formula is C35H65NO5. The maximum atomic E-state index is 12.5.